The smallest absolute Gasteiger partial charge is 0.0829 e. The summed E-state index contributed by atoms with van der Waals surface area (Å²) in [6, 6.07) is 0.584. The lowest BCUT2D eigenvalue weighted by molar-refractivity contribution is -0.0569. The first-order chi connectivity index (χ1) is 7.78. The van der Waals surface area contributed by atoms with Gasteiger partial charge in [-0.2, -0.15) is 0 Å². The van der Waals surface area contributed by atoms with E-state index in [1.54, 1.807) is 0 Å². The zero-order valence-electron chi connectivity index (χ0n) is 11.9. The van der Waals surface area contributed by atoms with Gasteiger partial charge in [-0.1, -0.05) is 0 Å². The van der Waals surface area contributed by atoms with Crippen LogP contribution in [-0.2, 0) is 4.74 Å². The molecular weight excluding hydrogens is 216 g/mol. The van der Waals surface area contributed by atoms with E-state index in [4.69, 9.17) is 4.74 Å². The first-order valence-electron chi connectivity index (χ1n) is 6.54. The number of nitrogens with zero attached hydrogens (tertiary/aromatic N) is 2. The van der Waals surface area contributed by atoms with Crippen molar-refractivity contribution in [1.29, 1.82) is 0 Å². The number of morpholine rings is 1. The van der Waals surface area contributed by atoms with Crippen LogP contribution in [0.3, 0.4) is 0 Å². The van der Waals surface area contributed by atoms with Crippen LogP contribution < -0.4 is 0 Å². The standard InChI is InChI=1S/C13H28N2O2/c1-11(2)15-6-7-17-12(9-15)8-14(5)10-13(3,4)16/h11-12,16H,6-10H2,1-5H3. The maximum Gasteiger partial charge on any atom is 0.0829 e. The summed E-state index contributed by atoms with van der Waals surface area (Å²) in [5, 5.41) is 9.76. The van der Waals surface area contributed by atoms with E-state index in [0.29, 0.717) is 12.6 Å². The maximum absolute atomic E-state index is 9.76. The van der Waals surface area contributed by atoms with E-state index in [2.05, 4.69) is 23.6 Å². The molecule has 1 aliphatic heterocycles. The van der Waals surface area contributed by atoms with Crippen LogP contribution in [0, 0.1) is 0 Å². The molecule has 0 radical (unpaired) electrons. The lowest BCUT2D eigenvalue weighted by Gasteiger charge is -2.37. The van der Waals surface area contributed by atoms with Gasteiger partial charge in [0.15, 0.2) is 0 Å². The Morgan fingerprint density at radius 1 is 1.47 bits per heavy atom. The van der Waals surface area contributed by atoms with Gasteiger partial charge in [-0.25, -0.2) is 0 Å². The van der Waals surface area contributed by atoms with Gasteiger partial charge in [-0.05, 0) is 34.7 Å². The molecule has 0 aromatic heterocycles. The monoisotopic (exact) mass is 244 g/mol. The molecule has 17 heavy (non-hydrogen) atoms. The van der Waals surface area contributed by atoms with Crippen molar-refractivity contribution in [2.24, 2.45) is 0 Å². The number of hydrogen-bond acceptors (Lipinski definition) is 4. The lowest BCUT2D eigenvalue weighted by Crippen LogP contribution is -2.50. The topological polar surface area (TPSA) is 35.9 Å². The Bertz CT molecular complexity index is 226. The second-order valence-corrected chi connectivity index (χ2v) is 6.09. The van der Waals surface area contributed by atoms with E-state index in [9.17, 15) is 5.11 Å². The highest BCUT2D eigenvalue weighted by atomic mass is 16.5. The molecule has 1 fully saturated rings. The van der Waals surface area contributed by atoms with Crippen molar-refractivity contribution >= 4 is 0 Å². The molecule has 0 spiro atoms. The maximum atomic E-state index is 9.76. The van der Waals surface area contributed by atoms with Crippen molar-refractivity contribution in [1.82, 2.24) is 9.80 Å². The van der Waals surface area contributed by atoms with Crippen LogP contribution in [0.2, 0.25) is 0 Å². The highest BCUT2D eigenvalue weighted by Crippen LogP contribution is 2.11. The van der Waals surface area contributed by atoms with Gasteiger partial charge in [0, 0.05) is 32.2 Å². The Balaban J connectivity index is 2.35. The summed E-state index contributed by atoms with van der Waals surface area (Å²) in [4.78, 5) is 4.60. The van der Waals surface area contributed by atoms with Crippen molar-refractivity contribution in [3.05, 3.63) is 0 Å². The van der Waals surface area contributed by atoms with E-state index in [1.165, 1.54) is 0 Å². The molecule has 102 valence electrons. The molecule has 1 atom stereocenters. The molecule has 1 saturated heterocycles. The van der Waals surface area contributed by atoms with E-state index in [-0.39, 0.29) is 6.10 Å². The van der Waals surface area contributed by atoms with Gasteiger partial charge in [-0.3, -0.25) is 4.90 Å². The Morgan fingerprint density at radius 2 is 2.12 bits per heavy atom. The highest BCUT2D eigenvalue weighted by molar-refractivity contribution is 4.78. The third kappa shape index (κ3) is 5.82. The van der Waals surface area contributed by atoms with Gasteiger partial charge in [0.1, 0.15) is 0 Å². The molecule has 1 aliphatic rings. The second kappa shape index (κ2) is 6.14. The molecule has 1 unspecified atom stereocenters. The third-order valence-corrected chi connectivity index (χ3v) is 3.07. The summed E-state index contributed by atoms with van der Waals surface area (Å²) in [7, 11) is 2.04. The van der Waals surface area contributed by atoms with E-state index >= 15 is 0 Å². The summed E-state index contributed by atoms with van der Waals surface area (Å²) >= 11 is 0. The van der Waals surface area contributed by atoms with Crippen molar-refractivity contribution in [2.75, 3.05) is 39.8 Å². The molecule has 0 aliphatic carbocycles. The molecule has 1 rings (SSSR count). The Hall–Kier alpha value is -0.160. The van der Waals surface area contributed by atoms with Crippen LogP contribution in [-0.4, -0.2) is 72.5 Å². The van der Waals surface area contributed by atoms with Gasteiger partial charge in [-0.15, -0.1) is 0 Å². The van der Waals surface area contributed by atoms with Crippen LogP contribution in [0.25, 0.3) is 0 Å². The highest BCUT2D eigenvalue weighted by Gasteiger charge is 2.24. The molecule has 4 nitrogen and oxygen atoms in total. The average Bonchev–Trinajstić information content (AvgIpc) is 2.14. The minimum Gasteiger partial charge on any atom is -0.389 e. The van der Waals surface area contributed by atoms with Crippen molar-refractivity contribution in [3.8, 4) is 0 Å². The number of hydrogen-bond donors (Lipinski definition) is 1. The summed E-state index contributed by atoms with van der Waals surface area (Å²) in [6.07, 6.45) is 0.262. The van der Waals surface area contributed by atoms with Crippen molar-refractivity contribution in [3.63, 3.8) is 0 Å². The fourth-order valence-electron chi connectivity index (χ4n) is 2.39. The predicted molar refractivity (Wildman–Crippen MR) is 70.2 cm³/mol. The summed E-state index contributed by atoms with van der Waals surface area (Å²) in [5.74, 6) is 0. The Kier molecular flexibility index (Phi) is 5.38. The summed E-state index contributed by atoms with van der Waals surface area (Å²) < 4.78 is 5.78. The number of rotatable bonds is 5. The fourth-order valence-corrected chi connectivity index (χ4v) is 2.39. The molecule has 0 aromatic rings. The van der Waals surface area contributed by atoms with Gasteiger partial charge in [0.25, 0.3) is 0 Å². The van der Waals surface area contributed by atoms with Gasteiger partial charge in [0.2, 0.25) is 0 Å². The first kappa shape index (κ1) is 14.9. The van der Waals surface area contributed by atoms with Gasteiger partial charge >= 0.3 is 0 Å². The van der Waals surface area contributed by atoms with Gasteiger partial charge < -0.3 is 14.7 Å². The summed E-state index contributed by atoms with van der Waals surface area (Å²) in [6.45, 7) is 12.5. The first-order valence-corrected chi connectivity index (χ1v) is 6.54. The zero-order valence-corrected chi connectivity index (χ0v) is 11.9. The Morgan fingerprint density at radius 3 is 2.65 bits per heavy atom. The SMILES string of the molecule is CC(C)N1CCOC(CN(C)CC(C)(C)O)C1. The second-order valence-electron chi connectivity index (χ2n) is 6.09. The quantitative estimate of drug-likeness (QED) is 0.776. The van der Waals surface area contributed by atoms with Gasteiger partial charge in [0.05, 0.1) is 18.3 Å². The lowest BCUT2D eigenvalue weighted by atomic mass is 10.1. The molecule has 0 saturated carbocycles. The van der Waals surface area contributed by atoms with E-state index < -0.39 is 5.60 Å². The molecule has 0 aromatic carbocycles. The predicted octanol–water partition coefficient (Wildman–Crippen LogP) is 0.798. The number of aliphatic hydroxyl groups is 1. The minimum atomic E-state index is -0.638. The van der Waals surface area contributed by atoms with E-state index in [1.807, 2.05) is 20.9 Å². The molecule has 1 heterocycles. The average molecular weight is 244 g/mol. The zero-order chi connectivity index (χ0) is 13.1. The van der Waals surface area contributed by atoms with E-state index in [0.717, 1.165) is 26.2 Å². The number of ether oxygens (including phenoxy) is 1. The molecule has 1 N–H and O–H groups in total. The van der Waals surface area contributed by atoms with Crippen molar-refractivity contribution in [2.45, 2.75) is 45.4 Å². The fraction of sp³-hybridized carbons (Fsp3) is 1.00. The van der Waals surface area contributed by atoms with Crippen molar-refractivity contribution < 1.29 is 9.84 Å². The van der Waals surface area contributed by atoms with Crippen LogP contribution in [0.5, 0.6) is 0 Å². The molecule has 0 bridgehead atoms. The van der Waals surface area contributed by atoms with Crippen LogP contribution >= 0.6 is 0 Å². The molecule has 0 amide bonds. The molecule has 4 heteroatoms. The van der Waals surface area contributed by atoms with Crippen LogP contribution in [0.15, 0.2) is 0 Å². The summed E-state index contributed by atoms with van der Waals surface area (Å²) in [5.41, 5.74) is -0.638. The largest absolute Gasteiger partial charge is 0.389 e. The normalized spacial score (nSPS) is 23.6. The third-order valence-electron chi connectivity index (χ3n) is 3.07. The number of likely N-dealkylation sites (N-methyl/N-ethyl adjacent to an activating group) is 1. The Labute approximate surface area is 106 Å². The minimum absolute atomic E-state index is 0.262. The molecular formula is C13H28N2O2. The van der Waals surface area contributed by atoms with Crippen LogP contribution in [0.4, 0.5) is 0 Å². The van der Waals surface area contributed by atoms with Crippen LogP contribution in [0.1, 0.15) is 27.7 Å².